The maximum absolute atomic E-state index is 12.5. The summed E-state index contributed by atoms with van der Waals surface area (Å²) in [4.78, 5) is 34.7. The first-order chi connectivity index (χ1) is 23.8. The third kappa shape index (κ3) is 35.8. The first-order valence-corrected chi connectivity index (χ1v) is 21.0. The first kappa shape index (κ1) is 47.2. The molecule has 10 heteroatoms. The molecule has 0 rings (SSSR count). The Morgan fingerprint density at radius 3 is 1.65 bits per heavy atom. The highest BCUT2D eigenvalue weighted by Crippen LogP contribution is 2.43. The Balaban J connectivity index is 4.24. The van der Waals surface area contributed by atoms with Crippen LogP contribution >= 0.6 is 7.82 Å². The van der Waals surface area contributed by atoms with Gasteiger partial charge in [-0.25, -0.2) is 4.57 Å². The highest BCUT2D eigenvalue weighted by molar-refractivity contribution is 7.47. The fourth-order valence-corrected chi connectivity index (χ4v) is 5.84. The molecule has 0 aromatic heterocycles. The molecular formula is C39H72NO8P. The number of unbranched alkanes of at least 4 members (excludes halogenated alkanes) is 17. The number of phosphoric acid groups is 1. The van der Waals surface area contributed by atoms with E-state index in [0.29, 0.717) is 6.42 Å². The van der Waals surface area contributed by atoms with Crippen LogP contribution in [-0.2, 0) is 32.7 Å². The van der Waals surface area contributed by atoms with Crippen molar-refractivity contribution in [3.8, 4) is 0 Å². The van der Waals surface area contributed by atoms with Crippen molar-refractivity contribution in [1.29, 1.82) is 0 Å². The Labute approximate surface area is 299 Å². The zero-order chi connectivity index (χ0) is 36.1. The van der Waals surface area contributed by atoms with Crippen molar-refractivity contribution in [2.24, 2.45) is 5.73 Å². The van der Waals surface area contributed by atoms with Gasteiger partial charge in [0.05, 0.1) is 13.2 Å². The first-order valence-electron chi connectivity index (χ1n) is 19.5. The summed E-state index contributed by atoms with van der Waals surface area (Å²) in [6.45, 7) is 3.62. The number of phosphoric ester groups is 1. The Bertz CT molecular complexity index is 907. The van der Waals surface area contributed by atoms with Crippen molar-refractivity contribution in [3.63, 3.8) is 0 Å². The summed E-state index contributed by atoms with van der Waals surface area (Å²) in [7, 11) is -4.38. The average Bonchev–Trinajstić information content (AvgIpc) is 3.08. The smallest absolute Gasteiger partial charge is 0.462 e. The zero-order valence-electron chi connectivity index (χ0n) is 31.2. The summed E-state index contributed by atoms with van der Waals surface area (Å²) in [5.74, 6) is -0.857. The summed E-state index contributed by atoms with van der Waals surface area (Å²) in [5, 5.41) is 0. The van der Waals surface area contributed by atoms with E-state index in [9.17, 15) is 19.0 Å². The molecule has 0 saturated heterocycles. The summed E-state index contributed by atoms with van der Waals surface area (Å²) in [6.07, 6.45) is 37.4. The van der Waals surface area contributed by atoms with Gasteiger partial charge in [-0.1, -0.05) is 127 Å². The molecule has 286 valence electrons. The lowest BCUT2D eigenvalue weighted by molar-refractivity contribution is -0.161. The quantitative estimate of drug-likeness (QED) is 0.0281. The van der Waals surface area contributed by atoms with E-state index in [1.165, 1.54) is 51.4 Å². The fourth-order valence-electron chi connectivity index (χ4n) is 5.08. The molecule has 9 nitrogen and oxygen atoms in total. The van der Waals surface area contributed by atoms with Crippen LogP contribution in [0.2, 0.25) is 0 Å². The van der Waals surface area contributed by atoms with E-state index in [1.807, 2.05) is 0 Å². The molecule has 0 aliphatic rings. The van der Waals surface area contributed by atoms with Crippen LogP contribution in [0.5, 0.6) is 0 Å². The SMILES string of the molecule is CCC/C=C\C/C=C\CCCCCCCC(=O)OC(COC(=O)CCCCCCC/C=C\CCCCCCCC)COP(=O)(O)OCCN. The van der Waals surface area contributed by atoms with Gasteiger partial charge in [0.1, 0.15) is 6.61 Å². The van der Waals surface area contributed by atoms with Gasteiger partial charge in [0, 0.05) is 19.4 Å². The van der Waals surface area contributed by atoms with Gasteiger partial charge in [-0.2, -0.15) is 0 Å². The molecule has 0 amide bonds. The maximum atomic E-state index is 12.5. The average molecular weight is 714 g/mol. The van der Waals surface area contributed by atoms with Crippen molar-refractivity contribution < 1.29 is 37.6 Å². The molecule has 2 unspecified atom stereocenters. The van der Waals surface area contributed by atoms with E-state index in [2.05, 4.69) is 50.3 Å². The Morgan fingerprint density at radius 2 is 1.10 bits per heavy atom. The molecule has 2 atom stereocenters. The number of hydrogen-bond acceptors (Lipinski definition) is 8. The number of esters is 2. The summed E-state index contributed by atoms with van der Waals surface area (Å²) in [6, 6.07) is 0. The number of allylic oxidation sites excluding steroid dienone is 6. The molecular weight excluding hydrogens is 641 g/mol. The second-order valence-corrected chi connectivity index (χ2v) is 14.2. The van der Waals surface area contributed by atoms with Gasteiger partial charge in [-0.15, -0.1) is 0 Å². The van der Waals surface area contributed by atoms with Crippen LogP contribution < -0.4 is 5.73 Å². The fraction of sp³-hybridized carbons (Fsp3) is 0.795. The van der Waals surface area contributed by atoms with Gasteiger partial charge >= 0.3 is 19.8 Å². The molecule has 0 bridgehead atoms. The maximum Gasteiger partial charge on any atom is 0.472 e. The number of nitrogens with two attached hydrogens (primary N) is 1. The highest BCUT2D eigenvalue weighted by Gasteiger charge is 2.25. The summed E-state index contributed by atoms with van der Waals surface area (Å²) in [5.41, 5.74) is 5.33. The minimum Gasteiger partial charge on any atom is -0.462 e. The molecule has 0 aromatic carbocycles. The predicted octanol–water partition coefficient (Wildman–Crippen LogP) is 10.6. The molecule has 0 aliphatic heterocycles. The van der Waals surface area contributed by atoms with E-state index in [-0.39, 0.29) is 32.6 Å². The lowest BCUT2D eigenvalue weighted by Crippen LogP contribution is -2.29. The van der Waals surface area contributed by atoms with Crippen LogP contribution in [0, 0.1) is 0 Å². The van der Waals surface area contributed by atoms with Gasteiger partial charge in [-0.05, 0) is 64.2 Å². The Morgan fingerprint density at radius 1 is 0.612 bits per heavy atom. The Kier molecular flexibility index (Phi) is 34.7. The second kappa shape index (κ2) is 36.0. The standard InChI is InChI=1S/C39H72NO8P/c1-3-5-7-9-11-13-15-17-18-20-21-23-25-27-29-31-38(41)45-35-37(36-47-49(43,44)46-34-33-40)48-39(42)32-30-28-26-24-22-19-16-14-12-10-8-6-4-2/h8,10,14,16-18,37H,3-7,9,11-13,15,19-36,40H2,1-2H3,(H,43,44)/b10-8-,16-14-,18-17-. The van der Waals surface area contributed by atoms with Crippen LogP contribution in [0.1, 0.15) is 168 Å². The molecule has 0 saturated carbocycles. The van der Waals surface area contributed by atoms with Gasteiger partial charge in [0.25, 0.3) is 0 Å². The summed E-state index contributed by atoms with van der Waals surface area (Å²) >= 11 is 0. The van der Waals surface area contributed by atoms with Crippen LogP contribution in [-0.4, -0.2) is 49.3 Å². The lowest BCUT2D eigenvalue weighted by atomic mass is 10.1. The van der Waals surface area contributed by atoms with E-state index in [4.69, 9.17) is 24.3 Å². The highest BCUT2D eigenvalue weighted by atomic mass is 31.2. The predicted molar refractivity (Wildman–Crippen MR) is 201 cm³/mol. The van der Waals surface area contributed by atoms with Gasteiger partial charge in [0.2, 0.25) is 0 Å². The van der Waals surface area contributed by atoms with Crippen LogP contribution in [0.25, 0.3) is 0 Å². The molecule has 0 radical (unpaired) electrons. The minimum absolute atomic E-state index is 0.0493. The van der Waals surface area contributed by atoms with Gasteiger partial charge in [0.15, 0.2) is 6.10 Å². The number of hydrogen-bond donors (Lipinski definition) is 2. The van der Waals surface area contributed by atoms with Crippen molar-refractivity contribution in [1.82, 2.24) is 0 Å². The van der Waals surface area contributed by atoms with E-state index >= 15 is 0 Å². The molecule has 0 spiro atoms. The second-order valence-electron chi connectivity index (χ2n) is 12.8. The third-order valence-electron chi connectivity index (χ3n) is 7.98. The number of carbonyl (C=O) groups excluding carboxylic acids is 2. The Hall–Kier alpha value is -1.77. The number of rotatable bonds is 36. The molecule has 49 heavy (non-hydrogen) atoms. The van der Waals surface area contributed by atoms with Crippen LogP contribution in [0.3, 0.4) is 0 Å². The van der Waals surface area contributed by atoms with Gasteiger partial charge < -0.3 is 20.1 Å². The van der Waals surface area contributed by atoms with Crippen LogP contribution in [0.4, 0.5) is 0 Å². The monoisotopic (exact) mass is 713 g/mol. The normalized spacial score (nSPS) is 13.8. The minimum atomic E-state index is -4.38. The van der Waals surface area contributed by atoms with Crippen molar-refractivity contribution >= 4 is 19.8 Å². The number of carbonyl (C=O) groups is 2. The lowest BCUT2D eigenvalue weighted by Gasteiger charge is -2.19. The largest absolute Gasteiger partial charge is 0.472 e. The van der Waals surface area contributed by atoms with Crippen molar-refractivity contribution in [3.05, 3.63) is 36.5 Å². The summed E-state index contributed by atoms with van der Waals surface area (Å²) < 4.78 is 32.6. The van der Waals surface area contributed by atoms with E-state index in [1.54, 1.807) is 0 Å². The van der Waals surface area contributed by atoms with Crippen molar-refractivity contribution in [2.75, 3.05) is 26.4 Å². The topological polar surface area (TPSA) is 134 Å². The van der Waals surface area contributed by atoms with Crippen molar-refractivity contribution in [2.45, 2.75) is 174 Å². The number of ether oxygens (including phenoxy) is 2. The zero-order valence-corrected chi connectivity index (χ0v) is 32.1. The third-order valence-corrected chi connectivity index (χ3v) is 8.96. The van der Waals surface area contributed by atoms with E-state index in [0.717, 1.165) is 83.5 Å². The van der Waals surface area contributed by atoms with E-state index < -0.39 is 32.5 Å². The van der Waals surface area contributed by atoms with Gasteiger partial charge in [-0.3, -0.25) is 18.6 Å². The molecule has 0 aliphatic carbocycles. The molecule has 3 N–H and O–H groups in total. The molecule has 0 fully saturated rings. The molecule has 0 heterocycles. The molecule has 0 aromatic rings. The van der Waals surface area contributed by atoms with Crippen LogP contribution in [0.15, 0.2) is 36.5 Å².